The van der Waals surface area contributed by atoms with Gasteiger partial charge in [-0.2, -0.15) is 13.2 Å². The van der Waals surface area contributed by atoms with Gasteiger partial charge in [-0.15, -0.1) is 0 Å². The Morgan fingerprint density at radius 2 is 1.82 bits per heavy atom. The van der Waals surface area contributed by atoms with Crippen molar-refractivity contribution in [1.82, 2.24) is 0 Å². The standard InChI is InChI=1S/C12H22F3NO/c1-9(2)10-3-5-11(7-16,6-4-10)17-8-12(13,14)15/h9-10H,3-8,16H2,1-2H3. The van der Waals surface area contributed by atoms with E-state index in [0.717, 1.165) is 12.8 Å². The van der Waals surface area contributed by atoms with Crippen LogP contribution in [0.5, 0.6) is 0 Å². The molecule has 0 radical (unpaired) electrons. The van der Waals surface area contributed by atoms with E-state index in [0.29, 0.717) is 24.7 Å². The highest BCUT2D eigenvalue weighted by atomic mass is 19.4. The lowest BCUT2D eigenvalue weighted by atomic mass is 9.74. The minimum atomic E-state index is -4.27. The number of hydrogen-bond donors (Lipinski definition) is 1. The van der Waals surface area contributed by atoms with Crippen molar-refractivity contribution in [2.45, 2.75) is 51.3 Å². The third kappa shape index (κ3) is 4.47. The van der Waals surface area contributed by atoms with Crippen LogP contribution in [-0.2, 0) is 4.74 Å². The van der Waals surface area contributed by atoms with Gasteiger partial charge in [0, 0.05) is 6.54 Å². The molecule has 0 bridgehead atoms. The van der Waals surface area contributed by atoms with E-state index in [1.165, 1.54) is 0 Å². The van der Waals surface area contributed by atoms with Crippen molar-refractivity contribution in [2.24, 2.45) is 17.6 Å². The molecule has 1 saturated carbocycles. The maximum Gasteiger partial charge on any atom is 0.411 e. The summed E-state index contributed by atoms with van der Waals surface area (Å²) < 4.78 is 41.5. The molecule has 1 fully saturated rings. The molecule has 1 rings (SSSR count). The van der Waals surface area contributed by atoms with E-state index in [9.17, 15) is 13.2 Å². The molecular weight excluding hydrogens is 231 g/mol. The van der Waals surface area contributed by atoms with Crippen LogP contribution in [0.25, 0.3) is 0 Å². The van der Waals surface area contributed by atoms with E-state index in [2.05, 4.69) is 13.8 Å². The smallest absolute Gasteiger partial charge is 0.364 e. The lowest BCUT2D eigenvalue weighted by Crippen LogP contribution is -2.46. The minimum absolute atomic E-state index is 0.174. The van der Waals surface area contributed by atoms with Crippen LogP contribution in [0.15, 0.2) is 0 Å². The molecule has 2 nitrogen and oxygen atoms in total. The summed E-state index contributed by atoms with van der Waals surface area (Å²) in [6.45, 7) is 3.29. The van der Waals surface area contributed by atoms with Crippen LogP contribution in [0.2, 0.25) is 0 Å². The second kappa shape index (κ2) is 5.57. The van der Waals surface area contributed by atoms with Gasteiger partial charge in [0.1, 0.15) is 6.61 Å². The molecule has 0 amide bonds. The van der Waals surface area contributed by atoms with E-state index in [4.69, 9.17) is 10.5 Å². The monoisotopic (exact) mass is 253 g/mol. The number of alkyl halides is 3. The summed E-state index contributed by atoms with van der Waals surface area (Å²) in [4.78, 5) is 0. The third-order valence-electron chi connectivity index (χ3n) is 3.80. The quantitative estimate of drug-likeness (QED) is 0.835. The van der Waals surface area contributed by atoms with Gasteiger partial charge in [-0.05, 0) is 37.5 Å². The molecule has 102 valence electrons. The van der Waals surface area contributed by atoms with Crippen molar-refractivity contribution in [3.63, 3.8) is 0 Å². The van der Waals surface area contributed by atoms with Gasteiger partial charge in [0.05, 0.1) is 5.60 Å². The molecule has 1 aliphatic carbocycles. The fraction of sp³-hybridized carbons (Fsp3) is 1.00. The zero-order valence-corrected chi connectivity index (χ0v) is 10.5. The molecule has 0 aromatic carbocycles. The predicted octanol–water partition coefficient (Wildman–Crippen LogP) is 3.11. The molecule has 0 saturated heterocycles. The Morgan fingerprint density at radius 3 is 2.18 bits per heavy atom. The predicted molar refractivity (Wildman–Crippen MR) is 60.6 cm³/mol. The zero-order valence-electron chi connectivity index (χ0n) is 10.5. The highest BCUT2D eigenvalue weighted by Gasteiger charge is 2.39. The Bertz CT molecular complexity index is 232. The Balaban J connectivity index is 2.49. The van der Waals surface area contributed by atoms with Crippen molar-refractivity contribution in [3.05, 3.63) is 0 Å². The topological polar surface area (TPSA) is 35.2 Å². The minimum Gasteiger partial charge on any atom is -0.364 e. The van der Waals surface area contributed by atoms with Gasteiger partial charge in [-0.25, -0.2) is 0 Å². The second-order valence-electron chi connectivity index (χ2n) is 5.37. The summed E-state index contributed by atoms with van der Waals surface area (Å²) in [5, 5.41) is 0. The molecule has 0 aromatic heterocycles. The molecule has 2 N–H and O–H groups in total. The van der Waals surface area contributed by atoms with E-state index in [1.807, 2.05) is 0 Å². The summed E-state index contributed by atoms with van der Waals surface area (Å²) in [6, 6.07) is 0. The van der Waals surface area contributed by atoms with Crippen LogP contribution in [-0.4, -0.2) is 24.9 Å². The van der Waals surface area contributed by atoms with E-state index < -0.39 is 18.4 Å². The lowest BCUT2D eigenvalue weighted by molar-refractivity contribution is -0.210. The van der Waals surface area contributed by atoms with Gasteiger partial charge < -0.3 is 10.5 Å². The molecule has 0 aliphatic heterocycles. The van der Waals surface area contributed by atoms with Crippen LogP contribution in [0.3, 0.4) is 0 Å². The molecule has 0 atom stereocenters. The van der Waals surface area contributed by atoms with E-state index in [-0.39, 0.29) is 6.54 Å². The van der Waals surface area contributed by atoms with Gasteiger partial charge in [0.2, 0.25) is 0 Å². The summed E-state index contributed by atoms with van der Waals surface area (Å²) in [5.74, 6) is 1.16. The molecule has 17 heavy (non-hydrogen) atoms. The molecule has 1 aliphatic rings. The summed E-state index contributed by atoms with van der Waals surface area (Å²) in [5.41, 5.74) is 4.85. The van der Waals surface area contributed by atoms with Gasteiger partial charge in [-0.1, -0.05) is 13.8 Å². The van der Waals surface area contributed by atoms with Crippen molar-refractivity contribution in [3.8, 4) is 0 Å². The lowest BCUT2D eigenvalue weighted by Gasteiger charge is -2.40. The summed E-state index contributed by atoms with van der Waals surface area (Å²) in [7, 11) is 0. The number of ether oxygens (including phenoxy) is 1. The Morgan fingerprint density at radius 1 is 1.29 bits per heavy atom. The van der Waals surface area contributed by atoms with Crippen LogP contribution >= 0.6 is 0 Å². The number of nitrogens with two attached hydrogens (primary N) is 1. The molecule has 0 unspecified atom stereocenters. The van der Waals surface area contributed by atoms with Gasteiger partial charge in [0.15, 0.2) is 0 Å². The van der Waals surface area contributed by atoms with Crippen molar-refractivity contribution >= 4 is 0 Å². The van der Waals surface area contributed by atoms with Gasteiger partial charge in [-0.3, -0.25) is 0 Å². The Labute approximate surface area is 101 Å². The SMILES string of the molecule is CC(C)C1CCC(CN)(OCC(F)(F)F)CC1. The van der Waals surface area contributed by atoms with Crippen molar-refractivity contribution in [1.29, 1.82) is 0 Å². The van der Waals surface area contributed by atoms with Crippen LogP contribution in [0.4, 0.5) is 13.2 Å². The maximum atomic E-state index is 12.2. The van der Waals surface area contributed by atoms with Crippen molar-refractivity contribution < 1.29 is 17.9 Å². The normalized spacial score (nSPS) is 30.9. The molecule has 0 spiro atoms. The number of hydrogen-bond acceptors (Lipinski definition) is 2. The Hall–Kier alpha value is -0.290. The second-order valence-corrected chi connectivity index (χ2v) is 5.37. The average Bonchev–Trinajstić information content (AvgIpc) is 2.26. The molecule has 0 aromatic rings. The highest BCUT2D eigenvalue weighted by molar-refractivity contribution is 4.89. The van der Waals surface area contributed by atoms with Gasteiger partial charge >= 0.3 is 6.18 Å². The summed E-state index contributed by atoms with van der Waals surface area (Å²) in [6.07, 6.45) is -1.17. The average molecular weight is 253 g/mol. The van der Waals surface area contributed by atoms with Crippen LogP contribution in [0.1, 0.15) is 39.5 Å². The number of rotatable bonds is 4. The first-order valence-corrected chi connectivity index (χ1v) is 6.19. The third-order valence-corrected chi connectivity index (χ3v) is 3.80. The van der Waals surface area contributed by atoms with Crippen molar-refractivity contribution in [2.75, 3.05) is 13.2 Å². The maximum absolute atomic E-state index is 12.2. The van der Waals surface area contributed by atoms with Crippen LogP contribution in [0, 0.1) is 11.8 Å². The molecule has 0 heterocycles. The fourth-order valence-electron chi connectivity index (χ4n) is 2.48. The Kier molecular flexibility index (Phi) is 4.84. The molecular formula is C12H22F3NO. The van der Waals surface area contributed by atoms with E-state index >= 15 is 0 Å². The molecule has 5 heteroatoms. The first kappa shape index (κ1) is 14.8. The number of halogens is 3. The first-order valence-electron chi connectivity index (χ1n) is 6.19. The van der Waals surface area contributed by atoms with Crippen LogP contribution < -0.4 is 5.73 Å². The highest BCUT2D eigenvalue weighted by Crippen LogP contribution is 2.38. The first-order chi connectivity index (χ1) is 7.78. The largest absolute Gasteiger partial charge is 0.411 e. The fourth-order valence-corrected chi connectivity index (χ4v) is 2.48. The zero-order chi connectivity index (χ0) is 13.1. The van der Waals surface area contributed by atoms with E-state index in [1.54, 1.807) is 0 Å². The summed E-state index contributed by atoms with van der Waals surface area (Å²) >= 11 is 0. The van der Waals surface area contributed by atoms with Gasteiger partial charge in [0.25, 0.3) is 0 Å².